The van der Waals surface area contributed by atoms with E-state index in [1.807, 2.05) is 0 Å². The summed E-state index contributed by atoms with van der Waals surface area (Å²) in [7, 11) is -7.62. The summed E-state index contributed by atoms with van der Waals surface area (Å²) in [6.45, 7) is 25.9. The second-order valence-corrected chi connectivity index (χ2v) is 29.6. The van der Waals surface area contributed by atoms with Crippen molar-refractivity contribution in [2.45, 2.75) is 103 Å². The van der Waals surface area contributed by atoms with E-state index < -0.39 is 45.2 Å². The average molecular weight is 469 g/mol. The van der Waals surface area contributed by atoms with Gasteiger partial charge in [0.05, 0.1) is 19.3 Å². The molecule has 4 atom stereocenters. The summed E-state index contributed by atoms with van der Waals surface area (Å²) in [6.07, 6.45) is -1.28. The second kappa shape index (κ2) is 9.01. The maximum absolute atomic E-state index is 11.5. The van der Waals surface area contributed by atoms with E-state index >= 15 is 0 Å². The van der Waals surface area contributed by atoms with Crippen LogP contribution in [0.4, 0.5) is 0 Å². The van der Waals surface area contributed by atoms with Gasteiger partial charge in [-0.25, -0.2) is 0 Å². The van der Waals surface area contributed by atoms with Gasteiger partial charge >= 0.3 is 0 Å². The summed E-state index contributed by atoms with van der Waals surface area (Å²) in [6, 6.07) is 0. The lowest BCUT2D eigenvalue weighted by molar-refractivity contribution is -0.320. The summed E-state index contributed by atoms with van der Waals surface area (Å²) < 4.78 is 31.6. The van der Waals surface area contributed by atoms with Crippen LogP contribution < -0.4 is 0 Å². The number of aliphatic hydroxyl groups is 1. The first-order chi connectivity index (χ1) is 12.2. The molecule has 0 spiro atoms. The molecule has 1 aliphatic heterocycles. The molecule has 10 heteroatoms. The third kappa shape index (κ3) is 9.62. The molecular formula is C18H44O6Si4. The van der Waals surface area contributed by atoms with Gasteiger partial charge in [0.1, 0.15) is 12.2 Å². The Labute approximate surface area is 176 Å². The maximum atomic E-state index is 11.5. The molecule has 0 aliphatic carbocycles. The third-order valence-electron chi connectivity index (χ3n) is 3.79. The fourth-order valence-corrected chi connectivity index (χ4v) is 6.86. The quantitative estimate of drug-likeness (QED) is 0.511. The SMILES string of the molecule is C[Si](C)(C)OCC1(O)OC[C@@H](O[Si](C)(C)C)[C@H](O[Si](C)(C)C)[C@H]1O[Si](C)(C)C. The zero-order valence-electron chi connectivity index (χ0n) is 20.1. The van der Waals surface area contributed by atoms with Crippen LogP contribution in [0.15, 0.2) is 0 Å². The lowest BCUT2D eigenvalue weighted by Gasteiger charge is -2.51. The van der Waals surface area contributed by atoms with E-state index in [1.54, 1.807) is 0 Å². The van der Waals surface area contributed by atoms with Crippen molar-refractivity contribution >= 4 is 33.3 Å². The molecule has 0 radical (unpaired) electrons. The van der Waals surface area contributed by atoms with Gasteiger partial charge < -0.3 is 27.5 Å². The lowest BCUT2D eigenvalue weighted by atomic mass is 9.97. The molecule has 0 saturated carbocycles. The van der Waals surface area contributed by atoms with Crippen molar-refractivity contribution < 1.29 is 27.5 Å². The molecule has 28 heavy (non-hydrogen) atoms. The molecule has 1 aliphatic rings. The Morgan fingerprint density at radius 3 is 1.61 bits per heavy atom. The number of hydrogen-bond donors (Lipinski definition) is 1. The average Bonchev–Trinajstić information content (AvgIpc) is 2.40. The van der Waals surface area contributed by atoms with Gasteiger partial charge in [0.2, 0.25) is 5.79 Å². The van der Waals surface area contributed by atoms with Crippen molar-refractivity contribution in [1.29, 1.82) is 0 Å². The van der Waals surface area contributed by atoms with Crippen LogP contribution in [0, 0.1) is 0 Å². The van der Waals surface area contributed by atoms with E-state index in [2.05, 4.69) is 78.6 Å². The molecule has 1 fully saturated rings. The van der Waals surface area contributed by atoms with Gasteiger partial charge in [-0.1, -0.05) is 0 Å². The van der Waals surface area contributed by atoms with E-state index in [1.165, 1.54) is 0 Å². The first-order valence-electron chi connectivity index (χ1n) is 10.2. The smallest absolute Gasteiger partial charge is 0.216 e. The molecule has 1 heterocycles. The summed E-state index contributed by atoms with van der Waals surface area (Å²) in [4.78, 5) is 0. The van der Waals surface area contributed by atoms with E-state index in [4.69, 9.17) is 22.4 Å². The van der Waals surface area contributed by atoms with Gasteiger partial charge in [-0.2, -0.15) is 0 Å². The Bertz CT molecular complexity index is 506. The van der Waals surface area contributed by atoms with Crippen LogP contribution >= 0.6 is 0 Å². The molecule has 0 bridgehead atoms. The van der Waals surface area contributed by atoms with Crippen LogP contribution in [0.1, 0.15) is 0 Å². The van der Waals surface area contributed by atoms with Crippen molar-refractivity contribution in [3.05, 3.63) is 0 Å². The van der Waals surface area contributed by atoms with Gasteiger partial charge in [0.15, 0.2) is 33.3 Å². The zero-order chi connectivity index (χ0) is 22.2. The highest BCUT2D eigenvalue weighted by atomic mass is 28.4. The van der Waals surface area contributed by atoms with Crippen LogP contribution in [-0.4, -0.2) is 75.7 Å². The first-order valence-corrected chi connectivity index (χ1v) is 23.9. The predicted molar refractivity (Wildman–Crippen MR) is 125 cm³/mol. The standard InChI is InChI=1S/C18H44O6Si4/c1-25(2,3)21-14-18(19)17(24-28(10,11)12)16(23-27(7,8)9)15(13-20-18)22-26(4,5)6/h15-17,19H,13-14H2,1-12H3/t15-,16+,17-,18?/m1/s1. The molecule has 1 saturated heterocycles. The molecule has 0 aromatic carbocycles. The van der Waals surface area contributed by atoms with Crippen LogP contribution in [0.25, 0.3) is 0 Å². The van der Waals surface area contributed by atoms with Crippen LogP contribution in [0.5, 0.6) is 0 Å². The molecule has 0 amide bonds. The molecule has 168 valence electrons. The van der Waals surface area contributed by atoms with Gasteiger partial charge in [-0.15, -0.1) is 0 Å². The minimum Gasteiger partial charge on any atom is -0.412 e. The molecule has 1 N–H and O–H groups in total. The van der Waals surface area contributed by atoms with Gasteiger partial charge in [0.25, 0.3) is 0 Å². The molecule has 0 aromatic heterocycles. The molecule has 6 nitrogen and oxygen atoms in total. The van der Waals surface area contributed by atoms with Crippen molar-refractivity contribution in [2.24, 2.45) is 0 Å². The fourth-order valence-electron chi connectivity index (χ4n) is 2.94. The molecule has 1 rings (SSSR count). The summed E-state index contributed by atoms with van der Waals surface area (Å²) in [5.74, 6) is -1.54. The van der Waals surface area contributed by atoms with E-state index in [0.717, 1.165) is 0 Å². The molecule has 1 unspecified atom stereocenters. The predicted octanol–water partition coefficient (Wildman–Crippen LogP) is 4.22. The Morgan fingerprint density at radius 1 is 0.750 bits per heavy atom. The van der Waals surface area contributed by atoms with Crippen LogP contribution in [0.3, 0.4) is 0 Å². The number of ether oxygens (including phenoxy) is 1. The minimum atomic E-state index is -2.01. The Hall–Kier alpha value is 0.628. The highest BCUT2D eigenvalue weighted by Crippen LogP contribution is 2.35. The largest absolute Gasteiger partial charge is 0.412 e. The van der Waals surface area contributed by atoms with E-state index in [-0.39, 0.29) is 25.4 Å². The third-order valence-corrected chi connectivity index (χ3v) is 7.75. The second-order valence-electron chi connectivity index (χ2n) is 11.7. The van der Waals surface area contributed by atoms with E-state index in [9.17, 15) is 5.11 Å². The van der Waals surface area contributed by atoms with Crippen molar-refractivity contribution in [2.75, 3.05) is 13.2 Å². The summed E-state index contributed by atoms with van der Waals surface area (Å²) >= 11 is 0. The lowest BCUT2D eigenvalue weighted by Crippen LogP contribution is -2.69. The van der Waals surface area contributed by atoms with E-state index in [0.29, 0.717) is 0 Å². The first kappa shape index (κ1) is 26.7. The summed E-state index contributed by atoms with van der Waals surface area (Å²) in [5, 5.41) is 11.5. The zero-order valence-corrected chi connectivity index (χ0v) is 24.1. The summed E-state index contributed by atoms with van der Waals surface area (Å²) in [5.41, 5.74) is 0. The Balaban J connectivity index is 3.29. The van der Waals surface area contributed by atoms with Gasteiger partial charge in [0, 0.05) is 0 Å². The molecular weight excluding hydrogens is 425 g/mol. The van der Waals surface area contributed by atoms with Crippen molar-refractivity contribution in [1.82, 2.24) is 0 Å². The topological polar surface area (TPSA) is 66.4 Å². The van der Waals surface area contributed by atoms with Crippen molar-refractivity contribution in [3.8, 4) is 0 Å². The van der Waals surface area contributed by atoms with Crippen LogP contribution in [-0.2, 0) is 22.4 Å². The van der Waals surface area contributed by atoms with Crippen LogP contribution in [0.2, 0.25) is 78.6 Å². The fraction of sp³-hybridized carbons (Fsp3) is 1.00. The Kier molecular flexibility index (Phi) is 8.58. The van der Waals surface area contributed by atoms with Crippen molar-refractivity contribution in [3.63, 3.8) is 0 Å². The highest BCUT2D eigenvalue weighted by molar-refractivity contribution is 6.71. The maximum Gasteiger partial charge on any atom is 0.216 e. The molecule has 0 aromatic rings. The number of hydrogen-bond acceptors (Lipinski definition) is 6. The monoisotopic (exact) mass is 468 g/mol. The van der Waals surface area contributed by atoms with Gasteiger partial charge in [-0.3, -0.25) is 0 Å². The highest BCUT2D eigenvalue weighted by Gasteiger charge is 2.55. The normalized spacial score (nSPS) is 30.5. The Morgan fingerprint density at radius 2 is 1.21 bits per heavy atom. The van der Waals surface area contributed by atoms with Gasteiger partial charge in [-0.05, 0) is 78.6 Å². The minimum absolute atomic E-state index is 0.0864. The number of rotatable bonds is 9.